The van der Waals surface area contributed by atoms with Gasteiger partial charge in [-0.3, -0.25) is 14.3 Å². The van der Waals surface area contributed by atoms with Gasteiger partial charge in [-0.15, -0.1) is 0 Å². The Balaban J connectivity index is 2.11. The smallest absolute Gasteiger partial charge is 0.257 e. The molecule has 0 aromatic carbocycles. The molecule has 1 aliphatic rings. The van der Waals surface area contributed by atoms with E-state index in [2.05, 4.69) is 10.4 Å². The van der Waals surface area contributed by atoms with Gasteiger partial charge in [0.05, 0.1) is 11.3 Å². The van der Waals surface area contributed by atoms with Gasteiger partial charge < -0.3 is 16.0 Å². The van der Waals surface area contributed by atoms with Crippen LogP contribution in [0.4, 0.5) is 0 Å². The summed E-state index contributed by atoms with van der Waals surface area (Å²) < 4.78 is 1.74. The lowest BCUT2D eigenvalue weighted by Gasteiger charge is -2.36. The van der Waals surface area contributed by atoms with Gasteiger partial charge in [0.1, 0.15) is 0 Å². The summed E-state index contributed by atoms with van der Waals surface area (Å²) in [6.45, 7) is 5.33. The predicted molar refractivity (Wildman–Crippen MR) is 88.0 cm³/mol. The highest BCUT2D eigenvalue weighted by molar-refractivity contribution is 5.96. The Morgan fingerprint density at radius 3 is 2.70 bits per heavy atom. The molecule has 1 unspecified atom stereocenters. The molecule has 23 heavy (non-hydrogen) atoms. The second-order valence-corrected chi connectivity index (χ2v) is 6.16. The number of nitrogens with two attached hydrogens (primary N) is 1. The van der Waals surface area contributed by atoms with Gasteiger partial charge in [-0.1, -0.05) is 0 Å². The Hall–Kier alpha value is -1.89. The number of carbonyl (C=O) groups is 2. The molecule has 128 valence electrons. The van der Waals surface area contributed by atoms with Crippen molar-refractivity contribution in [1.82, 2.24) is 20.0 Å². The first-order valence-electron chi connectivity index (χ1n) is 8.23. The molecule has 0 saturated carbocycles. The second kappa shape index (κ2) is 7.59. The fraction of sp³-hybridized carbons (Fsp3) is 0.688. The molecule has 1 aromatic rings. The van der Waals surface area contributed by atoms with E-state index in [1.807, 2.05) is 25.8 Å². The van der Waals surface area contributed by atoms with Crippen LogP contribution in [0.2, 0.25) is 0 Å². The number of nitrogens with zero attached hydrogens (tertiary/aromatic N) is 3. The number of likely N-dealkylation sites (tertiary alicyclic amines) is 1. The van der Waals surface area contributed by atoms with E-state index in [4.69, 9.17) is 5.73 Å². The third-order valence-electron chi connectivity index (χ3n) is 4.52. The third-order valence-corrected chi connectivity index (χ3v) is 4.52. The van der Waals surface area contributed by atoms with Crippen LogP contribution in [0.5, 0.6) is 0 Å². The van der Waals surface area contributed by atoms with Gasteiger partial charge in [-0.2, -0.15) is 5.10 Å². The lowest BCUT2D eigenvalue weighted by Crippen LogP contribution is -2.49. The fourth-order valence-corrected chi connectivity index (χ4v) is 3.16. The first-order chi connectivity index (χ1) is 11.0. The molecule has 1 saturated heterocycles. The molecule has 1 aromatic heterocycles. The summed E-state index contributed by atoms with van der Waals surface area (Å²) in [4.78, 5) is 26.5. The Bertz CT molecular complexity index is 581. The summed E-state index contributed by atoms with van der Waals surface area (Å²) in [6, 6.07) is 0.0389. The van der Waals surface area contributed by atoms with Crippen molar-refractivity contribution in [3.05, 3.63) is 17.0 Å². The van der Waals surface area contributed by atoms with Crippen LogP contribution in [-0.2, 0) is 11.8 Å². The first kappa shape index (κ1) is 17.5. The summed E-state index contributed by atoms with van der Waals surface area (Å²) in [6.07, 6.45) is 3.30. The number of amides is 2. The van der Waals surface area contributed by atoms with Gasteiger partial charge in [-0.25, -0.2) is 0 Å². The van der Waals surface area contributed by atoms with Crippen LogP contribution in [0.1, 0.15) is 47.4 Å². The van der Waals surface area contributed by atoms with E-state index in [0.29, 0.717) is 25.1 Å². The van der Waals surface area contributed by atoms with Crippen LogP contribution in [0.15, 0.2) is 0 Å². The highest BCUT2D eigenvalue weighted by Gasteiger charge is 2.30. The molecule has 3 N–H and O–H groups in total. The topological polar surface area (TPSA) is 93.2 Å². The van der Waals surface area contributed by atoms with Gasteiger partial charge in [-0.05, 0) is 33.1 Å². The van der Waals surface area contributed by atoms with E-state index in [0.717, 1.165) is 37.2 Å². The lowest BCUT2D eigenvalue weighted by molar-refractivity contribution is -0.121. The Labute approximate surface area is 137 Å². The minimum atomic E-state index is -0.0563. The number of rotatable bonds is 5. The van der Waals surface area contributed by atoms with Gasteiger partial charge in [0, 0.05) is 44.8 Å². The summed E-state index contributed by atoms with van der Waals surface area (Å²) in [5.74, 6) is -0.0370. The fourth-order valence-electron chi connectivity index (χ4n) is 3.16. The molecule has 0 spiro atoms. The summed E-state index contributed by atoms with van der Waals surface area (Å²) in [5.41, 5.74) is 7.71. The maximum atomic E-state index is 13.0. The van der Waals surface area contributed by atoms with Crippen molar-refractivity contribution in [2.24, 2.45) is 12.8 Å². The maximum Gasteiger partial charge on any atom is 0.257 e. The van der Waals surface area contributed by atoms with Crippen molar-refractivity contribution >= 4 is 11.8 Å². The number of aromatic nitrogens is 2. The zero-order valence-electron chi connectivity index (χ0n) is 14.3. The monoisotopic (exact) mass is 321 g/mol. The average Bonchev–Trinajstić information content (AvgIpc) is 2.78. The van der Waals surface area contributed by atoms with E-state index in [9.17, 15) is 9.59 Å². The normalized spacial score (nSPS) is 18.1. The molecule has 1 aliphatic heterocycles. The van der Waals surface area contributed by atoms with Crippen molar-refractivity contribution in [1.29, 1.82) is 0 Å². The highest BCUT2D eigenvalue weighted by Crippen LogP contribution is 2.22. The van der Waals surface area contributed by atoms with Crippen LogP contribution in [0.25, 0.3) is 0 Å². The van der Waals surface area contributed by atoms with E-state index in [1.165, 1.54) is 0 Å². The molecule has 1 fully saturated rings. The van der Waals surface area contributed by atoms with Crippen molar-refractivity contribution in [3.63, 3.8) is 0 Å². The van der Waals surface area contributed by atoms with Crippen LogP contribution in [0, 0.1) is 13.8 Å². The number of hydrogen-bond acceptors (Lipinski definition) is 4. The molecular formula is C16H27N5O2. The molecule has 7 heteroatoms. The molecule has 2 heterocycles. The van der Waals surface area contributed by atoms with Gasteiger partial charge in [0.15, 0.2) is 0 Å². The number of aryl methyl sites for hydroxylation is 2. The minimum absolute atomic E-state index is 0.0193. The number of piperidine rings is 1. The van der Waals surface area contributed by atoms with Crippen LogP contribution in [0.3, 0.4) is 0 Å². The molecule has 0 bridgehead atoms. The van der Waals surface area contributed by atoms with Gasteiger partial charge in [0.2, 0.25) is 5.91 Å². The summed E-state index contributed by atoms with van der Waals surface area (Å²) >= 11 is 0. The number of nitrogens with one attached hydrogen (secondary N) is 1. The molecular weight excluding hydrogens is 294 g/mol. The highest BCUT2D eigenvalue weighted by atomic mass is 16.2. The van der Waals surface area contributed by atoms with Crippen molar-refractivity contribution in [2.75, 3.05) is 19.6 Å². The largest absolute Gasteiger partial charge is 0.354 e. The van der Waals surface area contributed by atoms with E-state index in [1.54, 1.807) is 4.68 Å². The van der Waals surface area contributed by atoms with Crippen molar-refractivity contribution in [3.8, 4) is 0 Å². The second-order valence-electron chi connectivity index (χ2n) is 6.16. The molecule has 0 radical (unpaired) electrons. The zero-order valence-corrected chi connectivity index (χ0v) is 14.3. The first-order valence-corrected chi connectivity index (χ1v) is 8.23. The van der Waals surface area contributed by atoms with E-state index >= 15 is 0 Å². The summed E-state index contributed by atoms with van der Waals surface area (Å²) in [7, 11) is 1.85. The number of hydrogen-bond donors (Lipinski definition) is 2. The quantitative estimate of drug-likeness (QED) is 0.826. The Morgan fingerprint density at radius 1 is 1.35 bits per heavy atom. The maximum absolute atomic E-state index is 13.0. The summed E-state index contributed by atoms with van der Waals surface area (Å²) in [5, 5.41) is 7.23. The van der Waals surface area contributed by atoms with Crippen molar-refractivity contribution in [2.45, 2.75) is 45.6 Å². The van der Waals surface area contributed by atoms with Crippen LogP contribution >= 0.6 is 0 Å². The Morgan fingerprint density at radius 2 is 2.09 bits per heavy atom. The third kappa shape index (κ3) is 3.90. The SMILES string of the molecule is Cc1nn(C)c(C)c1C(=O)N1CCCCC1CNC(=O)CCN. The predicted octanol–water partition coefficient (Wildman–Crippen LogP) is 0.497. The van der Waals surface area contributed by atoms with E-state index < -0.39 is 0 Å². The average molecular weight is 321 g/mol. The lowest BCUT2D eigenvalue weighted by atomic mass is 10.00. The molecule has 2 rings (SSSR count). The standard InChI is InChI=1S/C16H27N5O2/c1-11-15(12(2)20(3)19-11)16(23)21-9-5-4-6-13(21)10-18-14(22)7-8-17/h13H,4-10,17H2,1-3H3,(H,18,22). The van der Waals surface area contributed by atoms with Crippen LogP contribution in [-0.4, -0.2) is 52.2 Å². The molecule has 0 aliphatic carbocycles. The van der Waals surface area contributed by atoms with E-state index in [-0.39, 0.29) is 17.9 Å². The molecule has 7 nitrogen and oxygen atoms in total. The zero-order chi connectivity index (χ0) is 17.0. The Kier molecular flexibility index (Phi) is 5.76. The van der Waals surface area contributed by atoms with Crippen molar-refractivity contribution < 1.29 is 9.59 Å². The minimum Gasteiger partial charge on any atom is -0.354 e. The van der Waals surface area contributed by atoms with Crippen LogP contribution < -0.4 is 11.1 Å². The van der Waals surface area contributed by atoms with Gasteiger partial charge in [0.25, 0.3) is 5.91 Å². The molecule has 1 atom stereocenters. The van der Waals surface area contributed by atoms with Gasteiger partial charge >= 0.3 is 0 Å². The molecule has 2 amide bonds. The number of carbonyl (C=O) groups excluding carboxylic acids is 2.